The second-order valence-electron chi connectivity index (χ2n) is 6.83. The summed E-state index contributed by atoms with van der Waals surface area (Å²) < 4.78 is 8.22. The van der Waals surface area contributed by atoms with Gasteiger partial charge in [0.1, 0.15) is 5.76 Å². The van der Waals surface area contributed by atoms with Crippen molar-refractivity contribution in [1.82, 2.24) is 23.9 Å². The Kier molecular flexibility index (Phi) is 4.91. The number of hydrogen-bond acceptors (Lipinski definition) is 6. The lowest BCUT2D eigenvalue weighted by atomic mass is 10.2. The number of hydrogen-bond donors (Lipinski definition) is 0. The SMILES string of the molecule is Cc1cnc(CN(C)[C@H]2CCN(Cc3cc(=O)n(C)c(=O)n3C)C2)o1. The number of rotatable bonds is 5. The Hall–Kier alpha value is -2.19. The van der Waals surface area contributed by atoms with Crippen LogP contribution in [0.25, 0.3) is 0 Å². The van der Waals surface area contributed by atoms with Crippen molar-refractivity contribution in [3.8, 4) is 0 Å². The number of aryl methyl sites for hydroxylation is 1. The Labute approximate surface area is 146 Å². The zero-order valence-electron chi connectivity index (χ0n) is 15.2. The molecule has 1 fully saturated rings. The molecule has 0 saturated carbocycles. The average Bonchev–Trinajstić information content (AvgIpc) is 3.19. The molecule has 0 radical (unpaired) electrons. The molecule has 2 aromatic heterocycles. The van der Waals surface area contributed by atoms with Crippen LogP contribution >= 0.6 is 0 Å². The van der Waals surface area contributed by atoms with Crippen LogP contribution in [0.1, 0.15) is 23.8 Å². The van der Waals surface area contributed by atoms with E-state index in [9.17, 15) is 9.59 Å². The number of likely N-dealkylation sites (N-methyl/N-ethyl adjacent to an activating group) is 1. The zero-order valence-corrected chi connectivity index (χ0v) is 15.2. The van der Waals surface area contributed by atoms with Gasteiger partial charge in [-0.05, 0) is 20.4 Å². The summed E-state index contributed by atoms with van der Waals surface area (Å²) in [4.78, 5) is 32.7. The first-order valence-corrected chi connectivity index (χ1v) is 8.45. The highest BCUT2D eigenvalue weighted by atomic mass is 16.4. The third-order valence-electron chi connectivity index (χ3n) is 4.94. The zero-order chi connectivity index (χ0) is 18.1. The van der Waals surface area contributed by atoms with Gasteiger partial charge in [-0.25, -0.2) is 9.78 Å². The molecule has 0 aliphatic carbocycles. The largest absolute Gasteiger partial charge is 0.445 e. The molecule has 0 bridgehead atoms. The highest BCUT2D eigenvalue weighted by Gasteiger charge is 2.27. The molecule has 2 aromatic rings. The van der Waals surface area contributed by atoms with Crippen molar-refractivity contribution < 1.29 is 4.42 Å². The Morgan fingerprint density at radius 2 is 2.08 bits per heavy atom. The normalized spacial score (nSPS) is 18.4. The summed E-state index contributed by atoms with van der Waals surface area (Å²) in [6.45, 7) is 4.99. The molecule has 0 unspecified atom stereocenters. The van der Waals surface area contributed by atoms with Gasteiger partial charge in [0.05, 0.1) is 12.7 Å². The molecular formula is C17H25N5O3. The quantitative estimate of drug-likeness (QED) is 0.763. The second-order valence-corrected chi connectivity index (χ2v) is 6.83. The first-order valence-electron chi connectivity index (χ1n) is 8.45. The van der Waals surface area contributed by atoms with Gasteiger partial charge in [-0.2, -0.15) is 0 Å². The van der Waals surface area contributed by atoms with Crippen molar-refractivity contribution in [2.45, 2.75) is 32.5 Å². The molecule has 0 aromatic carbocycles. The van der Waals surface area contributed by atoms with E-state index in [1.165, 1.54) is 7.05 Å². The second kappa shape index (κ2) is 6.97. The van der Waals surface area contributed by atoms with Gasteiger partial charge in [-0.15, -0.1) is 0 Å². The first-order chi connectivity index (χ1) is 11.8. The van der Waals surface area contributed by atoms with Gasteiger partial charge in [0.15, 0.2) is 0 Å². The minimum Gasteiger partial charge on any atom is -0.445 e. The van der Waals surface area contributed by atoms with Crippen LogP contribution in [0.2, 0.25) is 0 Å². The fraction of sp³-hybridized carbons (Fsp3) is 0.588. The Balaban J connectivity index is 1.63. The van der Waals surface area contributed by atoms with E-state index < -0.39 is 0 Å². The molecule has 3 heterocycles. The third-order valence-corrected chi connectivity index (χ3v) is 4.94. The fourth-order valence-electron chi connectivity index (χ4n) is 3.29. The van der Waals surface area contributed by atoms with Crippen LogP contribution < -0.4 is 11.2 Å². The van der Waals surface area contributed by atoms with Crippen molar-refractivity contribution in [2.24, 2.45) is 14.1 Å². The maximum absolute atomic E-state index is 12.0. The predicted molar refractivity (Wildman–Crippen MR) is 93.3 cm³/mol. The summed E-state index contributed by atoms with van der Waals surface area (Å²) in [5.41, 5.74) is 0.208. The van der Waals surface area contributed by atoms with Gasteiger partial charge < -0.3 is 4.42 Å². The van der Waals surface area contributed by atoms with Crippen molar-refractivity contribution in [3.63, 3.8) is 0 Å². The topological polar surface area (TPSA) is 76.5 Å². The molecule has 8 heteroatoms. The van der Waals surface area contributed by atoms with E-state index >= 15 is 0 Å². The molecule has 136 valence electrons. The Bertz CT molecular complexity index is 866. The molecular weight excluding hydrogens is 322 g/mol. The Morgan fingerprint density at radius 1 is 1.32 bits per heavy atom. The van der Waals surface area contributed by atoms with Gasteiger partial charge in [-0.1, -0.05) is 0 Å². The van der Waals surface area contributed by atoms with Gasteiger partial charge in [-0.3, -0.25) is 23.7 Å². The van der Waals surface area contributed by atoms with Gasteiger partial charge >= 0.3 is 5.69 Å². The van der Waals surface area contributed by atoms with Crippen molar-refractivity contribution in [3.05, 3.63) is 50.4 Å². The van der Waals surface area contributed by atoms with Gasteiger partial charge in [0.2, 0.25) is 5.89 Å². The van der Waals surface area contributed by atoms with Crippen molar-refractivity contribution in [2.75, 3.05) is 20.1 Å². The average molecular weight is 347 g/mol. The van der Waals surface area contributed by atoms with E-state index in [0.29, 0.717) is 19.1 Å². The molecule has 1 aliphatic heterocycles. The lowest BCUT2D eigenvalue weighted by Gasteiger charge is -2.23. The van der Waals surface area contributed by atoms with E-state index in [0.717, 1.165) is 41.4 Å². The summed E-state index contributed by atoms with van der Waals surface area (Å²) in [5.74, 6) is 1.55. The van der Waals surface area contributed by atoms with E-state index in [1.54, 1.807) is 23.9 Å². The summed E-state index contributed by atoms with van der Waals surface area (Å²) >= 11 is 0. The fourth-order valence-corrected chi connectivity index (χ4v) is 3.29. The highest BCUT2D eigenvalue weighted by Crippen LogP contribution is 2.18. The number of likely N-dealkylation sites (tertiary alicyclic amines) is 1. The standard InChI is InChI=1S/C17H25N5O3/c1-12-8-18-15(25-12)11-19(2)13-5-6-22(9-13)10-14-7-16(23)21(4)17(24)20(14)3/h7-8,13H,5-6,9-11H2,1-4H3/t13-/m0/s1. The summed E-state index contributed by atoms with van der Waals surface area (Å²) in [6, 6.07) is 1.95. The van der Waals surface area contributed by atoms with E-state index in [-0.39, 0.29) is 11.2 Å². The molecule has 0 N–H and O–H groups in total. The monoisotopic (exact) mass is 347 g/mol. The van der Waals surface area contributed by atoms with Crippen LogP contribution in [0.4, 0.5) is 0 Å². The first kappa shape index (κ1) is 17.6. The molecule has 0 amide bonds. The molecule has 3 rings (SSSR count). The summed E-state index contributed by atoms with van der Waals surface area (Å²) in [5, 5.41) is 0. The van der Waals surface area contributed by atoms with Crippen LogP contribution in [0.3, 0.4) is 0 Å². The number of aromatic nitrogens is 3. The Morgan fingerprint density at radius 3 is 2.76 bits per heavy atom. The lowest BCUT2D eigenvalue weighted by molar-refractivity contribution is 0.203. The molecule has 1 atom stereocenters. The lowest BCUT2D eigenvalue weighted by Crippen LogP contribution is -2.40. The van der Waals surface area contributed by atoms with Gasteiger partial charge in [0, 0.05) is 51.5 Å². The molecule has 25 heavy (non-hydrogen) atoms. The van der Waals surface area contributed by atoms with E-state index in [4.69, 9.17) is 4.42 Å². The molecule has 1 saturated heterocycles. The van der Waals surface area contributed by atoms with Gasteiger partial charge in [0.25, 0.3) is 5.56 Å². The number of oxazole rings is 1. The van der Waals surface area contributed by atoms with E-state index in [2.05, 4.69) is 21.8 Å². The highest BCUT2D eigenvalue weighted by molar-refractivity contribution is 5.03. The maximum atomic E-state index is 12.0. The predicted octanol–water partition coefficient (Wildman–Crippen LogP) is 0.0867. The van der Waals surface area contributed by atoms with Crippen LogP contribution in [-0.4, -0.2) is 50.1 Å². The van der Waals surface area contributed by atoms with Crippen LogP contribution in [-0.2, 0) is 27.2 Å². The summed E-state index contributed by atoms with van der Waals surface area (Å²) in [7, 11) is 5.28. The summed E-state index contributed by atoms with van der Waals surface area (Å²) in [6.07, 6.45) is 2.77. The van der Waals surface area contributed by atoms with Crippen molar-refractivity contribution in [1.29, 1.82) is 0 Å². The smallest absolute Gasteiger partial charge is 0.330 e. The van der Waals surface area contributed by atoms with Crippen molar-refractivity contribution >= 4 is 0 Å². The van der Waals surface area contributed by atoms with Crippen LogP contribution in [0.15, 0.2) is 26.3 Å². The molecule has 1 aliphatic rings. The van der Waals surface area contributed by atoms with E-state index in [1.807, 2.05) is 6.92 Å². The maximum Gasteiger partial charge on any atom is 0.330 e. The minimum absolute atomic E-state index is 0.259. The van der Waals surface area contributed by atoms with Crippen LogP contribution in [0.5, 0.6) is 0 Å². The van der Waals surface area contributed by atoms with Crippen LogP contribution in [0, 0.1) is 6.92 Å². The molecule has 8 nitrogen and oxygen atoms in total. The third kappa shape index (κ3) is 3.74. The number of nitrogens with zero attached hydrogens (tertiary/aromatic N) is 5. The minimum atomic E-state index is -0.283. The molecule has 0 spiro atoms.